The van der Waals surface area contributed by atoms with Crippen molar-refractivity contribution >= 4 is 37.5 Å². The lowest BCUT2D eigenvalue weighted by atomic mass is 9.95. The molecule has 0 aliphatic carbocycles. The van der Waals surface area contributed by atoms with E-state index in [0.717, 1.165) is 21.1 Å². The van der Waals surface area contributed by atoms with Crippen molar-refractivity contribution in [1.82, 2.24) is 19.3 Å². The summed E-state index contributed by atoms with van der Waals surface area (Å²) in [7, 11) is -8.22. The van der Waals surface area contributed by atoms with E-state index in [0.29, 0.717) is 0 Å². The van der Waals surface area contributed by atoms with Crippen molar-refractivity contribution in [3.63, 3.8) is 0 Å². The predicted octanol–water partition coefficient (Wildman–Crippen LogP) is 2.11. The molecule has 1 aliphatic heterocycles. The van der Waals surface area contributed by atoms with Gasteiger partial charge in [0.15, 0.2) is 0 Å². The fraction of sp³-hybridized carbons (Fsp3) is 0.375. The first kappa shape index (κ1) is 33.1. The third kappa shape index (κ3) is 6.37. The molecule has 0 unspecified atom stereocenters. The SMILES string of the molecule is CS(=O)(=O)N(C[C@H]1CN(S(=O)(=O)c2ccc(N)nc2)CCN1c1ncc(C(O)(C(F)(F)F)C(F)(F)F)cn1)c1ccccc1. The van der Waals surface area contributed by atoms with Crippen LogP contribution in [0.4, 0.5) is 43.8 Å². The van der Waals surface area contributed by atoms with Crippen molar-refractivity contribution in [1.29, 1.82) is 0 Å². The summed E-state index contributed by atoms with van der Waals surface area (Å²) >= 11 is 0. The topological polar surface area (TPSA) is 163 Å². The van der Waals surface area contributed by atoms with Crippen LogP contribution in [0, 0.1) is 0 Å². The molecule has 12 nitrogen and oxygen atoms in total. The summed E-state index contributed by atoms with van der Waals surface area (Å²) in [6.45, 7) is -1.32. The van der Waals surface area contributed by atoms with Crippen LogP contribution < -0.4 is 14.9 Å². The molecule has 1 saturated heterocycles. The number of alkyl halides is 6. The maximum Gasteiger partial charge on any atom is 0.430 e. The lowest BCUT2D eigenvalue weighted by Crippen LogP contribution is -2.59. The van der Waals surface area contributed by atoms with E-state index in [-0.39, 0.29) is 41.9 Å². The number of benzene rings is 1. The summed E-state index contributed by atoms with van der Waals surface area (Å²) in [4.78, 5) is 12.1. The predicted molar refractivity (Wildman–Crippen MR) is 145 cm³/mol. The summed E-state index contributed by atoms with van der Waals surface area (Å²) < 4.78 is 135. The van der Waals surface area contributed by atoms with Crippen LogP contribution in [0.2, 0.25) is 0 Å². The number of aliphatic hydroxyl groups is 1. The molecule has 1 aliphatic rings. The number of anilines is 3. The first-order valence-corrected chi connectivity index (χ1v) is 15.7. The molecule has 0 radical (unpaired) electrons. The van der Waals surface area contributed by atoms with E-state index in [9.17, 15) is 48.3 Å². The van der Waals surface area contributed by atoms with Crippen LogP contribution in [-0.2, 0) is 25.6 Å². The number of rotatable bonds is 8. The van der Waals surface area contributed by atoms with Crippen LogP contribution in [0.1, 0.15) is 5.56 Å². The molecule has 4 rings (SSSR count). The summed E-state index contributed by atoms with van der Waals surface area (Å²) in [6.07, 6.45) is -10.1. The number of sulfonamides is 2. The first-order valence-electron chi connectivity index (χ1n) is 12.5. The van der Waals surface area contributed by atoms with Gasteiger partial charge in [0.05, 0.1) is 24.5 Å². The van der Waals surface area contributed by atoms with Gasteiger partial charge in [-0.1, -0.05) is 18.2 Å². The number of piperazine rings is 1. The van der Waals surface area contributed by atoms with Crippen molar-refractivity contribution in [3.05, 3.63) is 66.6 Å². The van der Waals surface area contributed by atoms with E-state index in [2.05, 4.69) is 15.0 Å². The Hall–Kier alpha value is -3.75. The smallest absolute Gasteiger partial charge is 0.384 e. The molecular formula is C24H25F6N7O5S2. The second-order valence-electron chi connectivity index (χ2n) is 9.74. The maximum absolute atomic E-state index is 13.4. The molecule has 3 aromatic rings. The summed E-state index contributed by atoms with van der Waals surface area (Å²) in [6, 6.07) is 9.07. The monoisotopic (exact) mass is 669 g/mol. The average molecular weight is 670 g/mol. The molecule has 1 atom stereocenters. The summed E-state index contributed by atoms with van der Waals surface area (Å²) in [5.74, 6) is -0.375. The van der Waals surface area contributed by atoms with Crippen molar-refractivity contribution in [3.8, 4) is 0 Å². The van der Waals surface area contributed by atoms with Crippen LogP contribution in [0.25, 0.3) is 0 Å². The minimum absolute atomic E-state index is 0.0573. The first-order chi connectivity index (χ1) is 20.3. The van der Waals surface area contributed by atoms with Crippen molar-refractivity contribution in [2.75, 3.05) is 47.4 Å². The van der Waals surface area contributed by atoms with Gasteiger partial charge in [-0.25, -0.2) is 31.8 Å². The largest absolute Gasteiger partial charge is 0.430 e. The molecule has 3 heterocycles. The van der Waals surface area contributed by atoms with E-state index >= 15 is 0 Å². The zero-order valence-electron chi connectivity index (χ0n) is 22.6. The highest BCUT2D eigenvalue weighted by Crippen LogP contribution is 2.49. The molecule has 0 spiro atoms. The number of para-hydroxylation sites is 1. The van der Waals surface area contributed by atoms with Gasteiger partial charge in [0.25, 0.3) is 5.60 Å². The van der Waals surface area contributed by atoms with Crippen LogP contribution in [0.3, 0.4) is 0 Å². The second kappa shape index (κ2) is 11.6. The zero-order chi connectivity index (χ0) is 32.7. The minimum atomic E-state index is -6.17. The fourth-order valence-electron chi connectivity index (χ4n) is 4.52. The van der Waals surface area contributed by atoms with Gasteiger partial charge in [0.1, 0.15) is 10.7 Å². The van der Waals surface area contributed by atoms with Gasteiger partial charge in [-0.2, -0.15) is 30.6 Å². The Bertz CT molecular complexity index is 1660. The number of halogens is 6. The lowest BCUT2D eigenvalue weighted by Gasteiger charge is -2.42. The standard InChI is InChI=1S/C24H25F6N7O5S2/c1-43(39,40)37(17-5-3-2-4-6-17)15-18-14-35(44(41,42)19-7-8-20(31)32-13-19)9-10-36(18)21-33-11-16(12-34-21)22(38,23(25,26)27)24(28,29)30/h2-8,11-13,18,38H,9-10,14-15H2,1H3,(H2,31,32)/t18-/m1/s1. The molecule has 20 heteroatoms. The van der Waals surface area contributed by atoms with Gasteiger partial charge < -0.3 is 15.7 Å². The molecule has 240 valence electrons. The third-order valence-electron chi connectivity index (χ3n) is 6.80. The highest BCUT2D eigenvalue weighted by Gasteiger charge is 2.71. The maximum atomic E-state index is 13.4. The number of nitrogens with two attached hydrogens (primary N) is 1. The molecule has 0 saturated carbocycles. The molecule has 44 heavy (non-hydrogen) atoms. The second-order valence-corrected chi connectivity index (χ2v) is 13.6. The van der Waals surface area contributed by atoms with Gasteiger partial charge in [0.2, 0.25) is 26.0 Å². The number of nitrogen functional groups attached to an aromatic ring is 1. The fourth-order valence-corrected chi connectivity index (χ4v) is 6.88. The van der Waals surface area contributed by atoms with Gasteiger partial charge in [0, 0.05) is 43.8 Å². The number of hydrogen-bond acceptors (Lipinski definition) is 10. The van der Waals surface area contributed by atoms with Crippen LogP contribution >= 0.6 is 0 Å². The summed E-state index contributed by atoms with van der Waals surface area (Å²) in [5.41, 5.74) is -1.21. The number of aromatic nitrogens is 3. The van der Waals surface area contributed by atoms with Crippen molar-refractivity contribution in [2.24, 2.45) is 0 Å². The zero-order valence-corrected chi connectivity index (χ0v) is 24.2. The van der Waals surface area contributed by atoms with E-state index in [4.69, 9.17) is 5.73 Å². The number of nitrogens with zero attached hydrogens (tertiary/aromatic N) is 6. The highest BCUT2D eigenvalue weighted by molar-refractivity contribution is 7.92. The Morgan fingerprint density at radius 1 is 0.909 bits per heavy atom. The molecular weight excluding hydrogens is 644 g/mol. The van der Waals surface area contributed by atoms with Crippen molar-refractivity contribution in [2.45, 2.75) is 28.9 Å². The molecule has 0 bridgehead atoms. The normalized spacial score (nSPS) is 17.5. The Kier molecular flexibility index (Phi) is 8.77. The number of hydrogen-bond donors (Lipinski definition) is 2. The molecule has 0 amide bonds. The van der Waals surface area contributed by atoms with E-state index in [1.165, 1.54) is 29.2 Å². The highest BCUT2D eigenvalue weighted by atomic mass is 32.2. The van der Waals surface area contributed by atoms with Gasteiger partial charge >= 0.3 is 12.4 Å². The van der Waals surface area contributed by atoms with Gasteiger partial charge in [-0.3, -0.25) is 4.31 Å². The molecule has 3 N–H and O–H groups in total. The van der Waals surface area contributed by atoms with Crippen LogP contribution in [0.5, 0.6) is 0 Å². The van der Waals surface area contributed by atoms with Gasteiger partial charge in [-0.15, -0.1) is 0 Å². The van der Waals surface area contributed by atoms with Gasteiger partial charge in [-0.05, 0) is 24.3 Å². The van der Waals surface area contributed by atoms with E-state index in [1.807, 2.05) is 0 Å². The average Bonchev–Trinajstić information content (AvgIpc) is 2.94. The van der Waals surface area contributed by atoms with E-state index < -0.39 is 68.6 Å². The van der Waals surface area contributed by atoms with Crippen molar-refractivity contribution < 1.29 is 48.3 Å². The summed E-state index contributed by atoms with van der Waals surface area (Å²) in [5, 5.41) is 9.69. The van der Waals surface area contributed by atoms with E-state index in [1.54, 1.807) is 18.2 Å². The molecule has 1 fully saturated rings. The van der Waals surface area contributed by atoms with Crippen LogP contribution in [-0.4, -0.2) is 92.0 Å². The van der Waals surface area contributed by atoms with Crippen LogP contribution in [0.15, 0.2) is 66.0 Å². The Morgan fingerprint density at radius 2 is 1.50 bits per heavy atom. The lowest BCUT2D eigenvalue weighted by molar-refractivity contribution is -0.376. The Balaban J connectivity index is 1.75. The number of pyridine rings is 1. The molecule has 1 aromatic carbocycles. The Labute approximate surface area is 247 Å². The minimum Gasteiger partial charge on any atom is -0.384 e. The third-order valence-corrected chi connectivity index (χ3v) is 9.81. The Morgan fingerprint density at radius 3 is 2.00 bits per heavy atom. The quantitative estimate of drug-likeness (QED) is 0.340. The molecule has 2 aromatic heterocycles.